The Hall–Kier alpha value is -3.22. The van der Waals surface area contributed by atoms with Crippen molar-refractivity contribution in [1.82, 2.24) is 4.31 Å². The molecule has 31 heavy (non-hydrogen) atoms. The number of hydrogen-bond donors (Lipinski definition) is 2. The van der Waals surface area contributed by atoms with Gasteiger partial charge in [-0.25, -0.2) is 8.42 Å². The van der Waals surface area contributed by atoms with E-state index in [1.54, 1.807) is 19.1 Å². The summed E-state index contributed by atoms with van der Waals surface area (Å²) >= 11 is 0. The molecular formula is C19H22N4O7S. The standard InChI is InChI=1S/C19H22N4O7S/c1-13(16-5-4-15(29-2)12-18(16)24)20-21-17-6-3-14(23(25)26)11-19(17)31(27,28)22-7-9-30-10-8-22/h3-6,11-12,21,24H,7-10H2,1-2H3/b20-13+. The Morgan fingerprint density at radius 2 is 1.97 bits per heavy atom. The van der Waals surface area contributed by atoms with Crippen LogP contribution in [-0.2, 0) is 14.8 Å². The molecule has 2 N–H and O–H groups in total. The van der Waals surface area contributed by atoms with Crippen LogP contribution in [0.3, 0.4) is 0 Å². The lowest BCUT2D eigenvalue weighted by Gasteiger charge is -2.26. The van der Waals surface area contributed by atoms with Gasteiger partial charge in [-0.15, -0.1) is 0 Å². The molecule has 1 aliphatic heterocycles. The average molecular weight is 450 g/mol. The van der Waals surface area contributed by atoms with Crippen molar-refractivity contribution in [3.8, 4) is 11.5 Å². The molecule has 2 aromatic carbocycles. The van der Waals surface area contributed by atoms with E-state index >= 15 is 0 Å². The summed E-state index contributed by atoms with van der Waals surface area (Å²) in [6.45, 7) is 2.39. The first-order chi connectivity index (χ1) is 14.7. The molecule has 1 fully saturated rings. The molecule has 2 aromatic rings. The van der Waals surface area contributed by atoms with E-state index in [9.17, 15) is 23.6 Å². The lowest BCUT2D eigenvalue weighted by atomic mass is 10.1. The fraction of sp³-hybridized carbons (Fsp3) is 0.316. The van der Waals surface area contributed by atoms with Crippen LogP contribution in [0, 0.1) is 10.1 Å². The molecule has 0 saturated carbocycles. The van der Waals surface area contributed by atoms with Gasteiger partial charge in [-0.1, -0.05) is 0 Å². The van der Waals surface area contributed by atoms with Crippen LogP contribution in [0.15, 0.2) is 46.4 Å². The fourth-order valence-corrected chi connectivity index (χ4v) is 4.57. The second-order valence-corrected chi connectivity index (χ2v) is 8.55. The van der Waals surface area contributed by atoms with Crippen LogP contribution in [0.4, 0.5) is 11.4 Å². The maximum absolute atomic E-state index is 13.1. The highest BCUT2D eigenvalue weighted by molar-refractivity contribution is 7.89. The Balaban J connectivity index is 1.97. The number of phenolic OH excluding ortho intramolecular Hbond substituents is 1. The lowest BCUT2D eigenvalue weighted by molar-refractivity contribution is -0.385. The maximum Gasteiger partial charge on any atom is 0.270 e. The van der Waals surface area contributed by atoms with Crippen LogP contribution in [0.5, 0.6) is 11.5 Å². The highest BCUT2D eigenvalue weighted by atomic mass is 32.2. The fourth-order valence-electron chi connectivity index (χ4n) is 3.01. The lowest BCUT2D eigenvalue weighted by Crippen LogP contribution is -2.40. The first-order valence-electron chi connectivity index (χ1n) is 9.28. The van der Waals surface area contributed by atoms with Crippen LogP contribution in [0.1, 0.15) is 12.5 Å². The molecule has 11 nitrogen and oxygen atoms in total. The number of methoxy groups -OCH3 is 1. The number of morpholine rings is 1. The van der Waals surface area contributed by atoms with Crippen LogP contribution in [-0.4, -0.2) is 61.9 Å². The predicted octanol–water partition coefficient (Wildman–Crippen LogP) is 2.17. The summed E-state index contributed by atoms with van der Waals surface area (Å²) in [7, 11) is -2.55. The average Bonchev–Trinajstić information content (AvgIpc) is 2.77. The molecule has 3 rings (SSSR count). The first-order valence-corrected chi connectivity index (χ1v) is 10.7. The van der Waals surface area contributed by atoms with Crippen LogP contribution in [0.2, 0.25) is 0 Å². The number of nitro groups is 1. The Morgan fingerprint density at radius 3 is 2.58 bits per heavy atom. The number of hydrogen-bond acceptors (Lipinski definition) is 9. The summed E-state index contributed by atoms with van der Waals surface area (Å²) in [6, 6.07) is 8.16. The zero-order valence-corrected chi connectivity index (χ0v) is 17.8. The summed E-state index contributed by atoms with van der Waals surface area (Å²) in [5.41, 5.74) is 3.16. The number of sulfonamides is 1. The topological polar surface area (TPSA) is 144 Å². The van der Waals surface area contributed by atoms with Gasteiger partial charge < -0.3 is 14.6 Å². The highest BCUT2D eigenvalue weighted by Gasteiger charge is 2.30. The normalized spacial score (nSPS) is 15.5. The number of hydrazone groups is 1. The first kappa shape index (κ1) is 22.5. The zero-order chi connectivity index (χ0) is 22.6. The van der Waals surface area contributed by atoms with Gasteiger partial charge in [-0.05, 0) is 25.1 Å². The number of nitro benzene ring substituents is 1. The van der Waals surface area contributed by atoms with Crippen LogP contribution < -0.4 is 10.2 Å². The molecule has 0 unspecified atom stereocenters. The number of nitrogens with zero attached hydrogens (tertiary/aromatic N) is 3. The Labute approximate surface area is 179 Å². The van der Waals surface area contributed by atoms with Gasteiger partial charge in [0.25, 0.3) is 5.69 Å². The Morgan fingerprint density at radius 1 is 1.26 bits per heavy atom. The van der Waals surface area contributed by atoms with Crippen molar-refractivity contribution in [3.63, 3.8) is 0 Å². The molecule has 0 radical (unpaired) electrons. The molecule has 12 heteroatoms. The molecule has 0 atom stereocenters. The number of non-ortho nitro benzene ring substituents is 1. The summed E-state index contributed by atoms with van der Waals surface area (Å²) in [5.74, 6) is 0.406. The smallest absolute Gasteiger partial charge is 0.270 e. The minimum Gasteiger partial charge on any atom is -0.507 e. The molecule has 0 spiro atoms. The summed E-state index contributed by atoms with van der Waals surface area (Å²) < 4.78 is 37.7. The highest BCUT2D eigenvalue weighted by Crippen LogP contribution is 2.30. The minimum atomic E-state index is -4.03. The van der Waals surface area contributed by atoms with Gasteiger partial charge in [0.1, 0.15) is 16.4 Å². The molecule has 0 aliphatic carbocycles. The third-order valence-corrected chi connectivity index (χ3v) is 6.64. The van der Waals surface area contributed by atoms with Crippen LogP contribution in [0.25, 0.3) is 0 Å². The van der Waals surface area contributed by atoms with E-state index in [0.29, 0.717) is 17.0 Å². The second-order valence-electron chi connectivity index (χ2n) is 6.65. The largest absolute Gasteiger partial charge is 0.507 e. The maximum atomic E-state index is 13.1. The minimum absolute atomic E-state index is 0.0627. The number of nitrogens with one attached hydrogen (secondary N) is 1. The van der Waals surface area contributed by atoms with Gasteiger partial charge in [-0.2, -0.15) is 9.41 Å². The summed E-state index contributed by atoms with van der Waals surface area (Å²) in [4.78, 5) is 10.3. The van der Waals surface area contributed by atoms with E-state index in [4.69, 9.17) is 9.47 Å². The van der Waals surface area contributed by atoms with E-state index in [1.165, 1.54) is 29.6 Å². The van der Waals surface area contributed by atoms with Crippen LogP contribution >= 0.6 is 0 Å². The van der Waals surface area contributed by atoms with Crippen molar-refractivity contribution in [3.05, 3.63) is 52.1 Å². The van der Waals surface area contributed by atoms with E-state index in [1.807, 2.05) is 0 Å². The second kappa shape index (κ2) is 9.29. The molecule has 1 aliphatic rings. The number of ether oxygens (including phenoxy) is 2. The predicted molar refractivity (Wildman–Crippen MR) is 113 cm³/mol. The third kappa shape index (κ3) is 4.93. The molecule has 0 amide bonds. The van der Waals surface area contributed by atoms with Gasteiger partial charge in [0.2, 0.25) is 10.0 Å². The van der Waals surface area contributed by atoms with Gasteiger partial charge in [-0.3, -0.25) is 15.5 Å². The monoisotopic (exact) mass is 450 g/mol. The molecule has 1 saturated heterocycles. The number of anilines is 1. The van der Waals surface area contributed by atoms with Crippen molar-refractivity contribution >= 4 is 27.1 Å². The third-order valence-electron chi connectivity index (χ3n) is 4.70. The molecule has 0 aromatic heterocycles. The molecule has 0 bridgehead atoms. The van der Waals surface area contributed by atoms with E-state index in [-0.39, 0.29) is 48.3 Å². The van der Waals surface area contributed by atoms with Gasteiger partial charge in [0, 0.05) is 36.9 Å². The Bertz CT molecular complexity index is 1110. The number of aromatic hydroxyl groups is 1. The van der Waals surface area contributed by atoms with E-state index < -0.39 is 14.9 Å². The molecule has 166 valence electrons. The SMILES string of the molecule is COc1ccc(/C(C)=N/Nc2ccc([N+](=O)[O-])cc2S(=O)(=O)N2CCOCC2)c(O)c1. The van der Waals surface area contributed by atoms with Crippen molar-refractivity contribution in [2.24, 2.45) is 5.10 Å². The number of phenols is 1. The summed E-state index contributed by atoms with van der Waals surface area (Å²) in [5, 5.41) is 25.5. The van der Waals surface area contributed by atoms with Crippen molar-refractivity contribution in [2.75, 3.05) is 38.8 Å². The quantitative estimate of drug-likeness (QED) is 0.371. The van der Waals surface area contributed by atoms with Crippen molar-refractivity contribution in [2.45, 2.75) is 11.8 Å². The molecule has 1 heterocycles. The van der Waals surface area contributed by atoms with E-state index in [0.717, 1.165) is 6.07 Å². The van der Waals surface area contributed by atoms with Crippen molar-refractivity contribution in [1.29, 1.82) is 0 Å². The molecular weight excluding hydrogens is 428 g/mol. The van der Waals surface area contributed by atoms with E-state index in [2.05, 4.69) is 10.5 Å². The van der Waals surface area contributed by atoms with Crippen molar-refractivity contribution < 1.29 is 27.9 Å². The number of benzene rings is 2. The summed E-state index contributed by atoms with van der Waals surface area (Å²) in [6.07, 6.45) is 0. The zero-order valence-electron chi connectivity index (χ0n) is 16.9. The Kier molecular flexibility index (Phi) is 6.73. The van der Waals surface area contributed by atoms with Gasteiger partial charge in [0.05, 0.1) is 36.6 Å². The van der Waals surface area contributed by atoms with Gasteiger partial charge in [0.15, 0.2) is 0 Å². The number of rotatable bonds is 7. The van der Waals surface area contributed by atoms with Gasteiger partial charge >= 0.3 is 0 Å².